The maximum atomic E-state index is 4.83. The van der Waals surface area contributed by atoms with Gasteiger partial charge >= 0.3 is 0 Å². The molecule has 0 saturated heterocycles. The number of nitrogens with one attached hydrogen (secondary N) is 2. The van der Waals surface area contributed by atoms with Crippen molar-refractivity contribution in [1.29, 1.82) is 0 Å². The number of hydrogen-bond donors (Lipinski definition) is 2. The van der Waals surface area contributed by atoms with Crippen LogP contribution < -0.4 is 0 Å². The molecule has 48 heavy (non-hydrogen) atoms. The minimum Gasteiger partial charge on any atom is -0.289 e. The van der Waals surface area contributed by atoms with Gasteiger partial charge in [-0.15, -0.1) is 10.2 Å². The SMILES string of the molecule is c1ccc(-c2c(-c3nnn[nH]3)c(-c3csnn3)c3c(c2-c2cccnn2)c(-c2ncccn2)c(-c2cnccn2)n3-c2cc[nH]n2)nc1. The number of aromatic nitrogens is 16. The van der Waals surface area contributed by atoms with Crippen LogP contribution >= 0.6 is 11.5 Å². The van der Waals surface area contributed by atoms with E-state index in [0.717, 1.165) is 0 Å². The summed E-state index contributed by atoms with van der Waals surface area (Å²) in [6.45, 7) is 0. The van der Waals surface area contributed by atoms with Crippen LogP contribution in [0.3, 0.4) is 0 Å². The Hall–Kier alpha value is -7.01. The lowest BCUT2D eigenvalue weighted by molar-refractivity contribution is 0.881. The zero-order chi connectivity index (χ0) is 31.9. The molecule has 0 aliphatic heterocycles. The molecule has 0 amide bonds. The van der Waals surface area contributed by atoms with E-state index in [2.05, 4.69) is 55.6 Å². The zero-order valence-corrected chi connectivity index (χ0v) is 25.2. The molecule has 2 N–H and O–H groups in total. The molecular weight excluding hydrogens is 629 g/mol. The van der Waals surface area contributed by atoms with Gasteiger partial charge in [-0.2, -0.15) is 15.3 Å². The van der Waals surface area contributed by atoms with Crippen LogP contribution in [0.15, 0.2) is 97.4 Å². The molecular formula is C31H18N16S. The standard InChI is InChI=1S/C31H18N16S/c1-2-8-33-17(5-1)22-23(18-6-3-11-37-39-18)25-27(30-35-9-4-10-36-30)28(19-15-32-13-14-34-19)47(21-7-12-38-41-21)29(25)24(20-16-48-46-40-20)26(22)31-42-44-45-43-31/h1-16H,(H,38,41)(H,42,43,44,45). The largest absolute Gasteiger partial charge is 0.289 e. The molecule has 17 heteroatoms. The maximum Gasteiger partial charge on any atom is 0.180 e. The van der Waals surface area contributed by atoms with Gasteiger partial charge in [0.1, 0.15) is 11.4 Å². The Morgan fingerprint density at radius 3 is 2.27 bits per heavy atom. The van der Waals surface area contributed by atoms with E-state index in [4.69, 9.17) is 19.9 Å². The molecule has 0 saturated carbocycles. The highest BCUT2D eigenvalue weighted by Gasteiger charge is 2.36. The van der Waals surface area contributed by atoms with Crippen molar-refractivity contribution >= 4 is 22.4 Å². The van der Waals surface area contributed by atoms with Crippen LogP contribution in [-0.4, -0.2) is 80.1 Å². The van der Waals surface area contributed by atoms with Gasteiger partial charge in [0.2, 0.25) is 0 Å². The number of nitrogens with zero attached hydrogens (tertiary/aromatic N) is 14. The quantitative estimate of drug-likeness (QED) is 0.245. The lowest BCUT2D eigenvalue weighted by atomic mass is 9.85. The predicted molar refractivity (Wildman–Crippen MR) is 174 cm³/mol. The van der Waals surface area contributed by atoms with E-state index in [-0.39, 0.29) is 0 Å². The van der Waals surface area contributed by atoms with Crippen molar-refractivity contribution in [1.82, 2.24) is 80.1 Å². The maximum absolute atomic E-state index is 4.83. The zero-order valence-electron chi connectivity index (χ0n) is 24.4. The first-order chi connectivity index (χ1) is 23.9. The number of rotatable bonds is 7. The third-order valence-corrected chi connectivity index (χ3v) is 8.17. The molecule has 8 aromatic heterocycles. The summed E-state index contributed by atoms with van der Waals surface area (Å²) in [5.41, 5.74) is 6.87. The summed E-state index contributed by atoms with van der Waals surface area (Å²) in [4.78, 5) is 23.6. The summed E-state index contributed by atoms with van der Waals surface area (Å²) in [5, 5.41) is 39.1. The van der Waals surface area contributed by atoms with Gasteiger partial charge in [0.15, 0.2) is 17.5 Å². The summed E-state index contributed by atoms with van der Waals surface area (Å²) in [5.74, 6) is 1.37. The second kappa shape index (κ2) is 11.4. The molecule has 1 aromatic carbocycles. The van der Waals surface area contributed by atoms with E-state index in [1.165, 1.54) is 11.5 Å². The van der Waals surface area contributed by atoms with Gasteiger partial charge in [-0.3, -0.25) is 24.6 Å². The van der Waals surface area contributed by atoms with Crippen LogP contribution in [0.25, 0.3) is 84.7 Å². The third kappa shape index (κ3) is 4.33. The van der Waals surface area contributed by atoms with Crippen LogP contribution in [0, 0.1) is 0 Å². The highest BCUT2D eigenvalue weighted by Crippen LogP contribution is 2.54. The van der Waals surface area contributed by atoms with Crippen LogP contribution in [0.5, 0.6) is 0 Å². The van der Waals surface area contributed by atoms with Crippen molar-refractivity contribution in [3.8, 4) is 73.8 Å². The number of benzene rings is 1. The van der Waals surface area contributed by atoms with E-state index in [0.29, 0.717) is 84.7 Å². The highest BCUT2D eigenvalue weighted by atomic mass is 32.1. The van der Waals surface area contributed by atoms with E-state index in [9.17, 15) is 0 Å². The average Bonchev–Trinajstić information content (AvgIpc) is 4.00. The molecule has 0 bridgehead atoms. The Morgan fingerprint density at radius 2 is 1.56 bits per heavy atom. The van der Waals surface area contributed by atoms with Crippen molar-refractivity contribution in [2.45, 2.75) is 0 Å². The first-order valence-corrected chi connectivity index (χ1v) is 15.3. The van der Waals surface area contributed by atoms with Crippen molar-refractivity contribution in [2.75, 3.05) is 0 Å². The number of hydrogen-bond acceptors (Lipinski definition) is 14. The summed E-state index contributed by atoms with van der Waals surface area (Å²) in [7, 11) is 0. The normalized spacial score (nSPS) is 11.3. The molecule has 9 aromatic rings. The van der Waals surface area contributed by atoms with Crippen molar-refractivity contribution in [2.24, 2.45) is 0 Å². The fourth-order valence-corrected chi connectivity index (χ4v) is 6.39. The first-order valence-electron chi connectivity index (χ1n) is 14.4. The van der Waals surface area contributed by atoms with Gasteiger partial charge in [-0.05, 0) is 52.3 Å². The Labute approximate surface area is 273 Å². The van der Waals surface area contributed by atoms with Crippen LogP contribution in [0.4, 0.5) is 0 Å². The molecule has 0 aliphatic rings. The molecule has 0 spiro atoms. The molecule has 9 rings (SSSR count). The average molecular weight is 647 g/mol. The summed E-state index contributed by atoms with van der Waals surface area (Å²) < 4.78 is 6.25. The molecule has 0 fully saturated rings. The van der Waals surface area contributed by atoms with E-state index >= 15 is 0 Å². The Bertz CT molecular complexity index is 2470. The monoisotopic (exact) mass is 646 g/mol. The lowest BCUT2D eigenvalue weighted by Crippen LogP contribution is -2.04. The number of H-pyrrole nitrogens is 2. The van der Waals surface area contributed by atoms with Crippen LogP contribution in [0.1, 0.15) is 0 Å². The fourth-order valence-electron chi connectivity index (χ4n) is 5.94. The molecule has 0 atom stereocenters. The van der Waals surface area contributed by atoms with Crippen LogP contribution in [-0.2, 0) is 0 Å². The lowest BCUT2D eigenvalue weighted by Gasteiger charge is -2.20. The Balaban J connectivity index is 1.66. The van der Waals surface area contributed by atoms with Gasteiger partial charge in [0, 0.05) is 82.5 Å². The molecule has 0 radical (unpaired) electrons. The van der Waals surface area contributed by atoms with Crippen molar-refractivity contribution in [3.63, 3.8) is 0 Å². The van der Waals surface area contributed by atoms with Gasteiger partial charge in [0.05, 0.1) is 34.4 Å². The van der Waals surface area contributed by atoms with Crippen molar-refractivity contribution in [3.05, 3.63) is 97.4 Å². The van der Waals surface area contributed by atoms with Gasteiger partial charge < -0.3 is 0 Å². The molecule has 16 nitrogen and oxygen atoms in total. The van der Waals surface area contributed by atoms with Gasteiger partial charge in [-0.1, -0.05) is 10.6 Å². The van der Waals surface area contributed by atoms with Crippen molar-refractivity contribution < 1.29 is 0 Å². The predicted octanol–water partition coefficient (Wildman–Crippen LogP) is 4.49. The van der Waals surface area contributed by atoms with E-state index in [1.807, 2.05) is 46.3 Å². The Kier molecular flexibility index (Phi) is 6.49. The second-order valence-corrected chi connectivity index (χ2v) is 10.9. The summed E-state index contributed by atoms with van der Waals surface area (Å²) >= 11 is 1.22. The topological polar surface area (TPSA) is 204 Å². The summed E-state index contributed by atoms with van der Waals surface area (Å²) in [6.07, 6.45) is 13.4. The van der Waals surface area contributed by atoms with Crippen LogP contribution in [0.2, 0.25) is 0 Å². The minimum atomic E-state index is 0.374. The fraction of sp³-hybridized carbons (Fsp3) is 0. The smallest absolute Gasteiger partial charge is 0.180 e. The number of aromatic amines is 2. The molecule has 0 aliphatic carbocycles. The van der Waals surface area contributed by atoms with E-state index < -0.39 is 0 Å². The number of pyridine rings is 1. The molecule has 8 heterocycles. The van der Waals surface area contributed by atoms with Gasteiger partial charge in [0.25, 0.3) is 0 Å². The third-order valence-electron chi connectivity index (χ3n) is 7.67. The first kappa shape index (κ1) is 27.3. The minimum absolute atomic E-state index is 0.374. The number of fused-ring (bicyclic) bond motifs is 1. The molecule has 0 unspecified atom stereocenters. The van der Waals surface area contributed by atoms with E-state index in [1.54, 1.807) is 55.6 Å². The van der Waals surface area contributed by atoms with Gasteiger partial charge in [-0.25, -0.2) is 15.1 Å². The second-order valence-electron chi connectivity index (χ2n) is 10.2. The Morgan fingerprint density at radius 1 is 0.667 bits per heavy atom. The molecule has 228 valence electrons. The summed E-state index contributed by atoms with van der Waals surface area (Å²) in [6, 6.07) is 13.0. The number of tetrazole rings is 1. The highest BCUT2D eigenvalue weighted by molar-refractivity contribution is 7.03.